The summed E-state index contributed by atoms with van der Waals surface area (Å²) in [6, 6.07) is -2.48. The Hall–Kier alpha value is -1.78. The molecule has 0 unspecified atom stereocenters. The quantitative estimate of drug-likeness (QED) is 0.0885. The second-order valence-corrected chi connectivity index (χ2v) is 12.5. The van der Waals surface area contributed by atoms with Crippen molar-refractivity contribution in [3.63, 3.8) is 0 Å². The Morgan fingerprint density at radius 1 is 0.540 bits per heavy atom. The van der Waals surface area contributed by atoms with E-state index in [2.05, 4.69) is 10.6 Å². The van der Waals surface area contributed by atoms with Gasteiger partial charge in [-0.15, -0.1) is 0 Å². The zero-order valence-electron chi connectivity index (χ0n) is 27.1. The summed E-state index contributed by atoms with van der Waals surface area (Å²) >= 11 is 0. The fraction of sp³-hybridized carbons (Fsp3) is 0.929. The number of nitrogens with one attached hydrogen (secondary N) is 2. The minimum absolute atomic E-state index is 0.177. The number of aliphatic hydroxyl groups is 11. The number of hydrogen-bond donors (Lipinski definition) is 13. The summed E-state index contributed by atoms with van der Waals surface area (Å²) in [5.41, 5.74) is 0. The lowest BCUT2D eigenvalue weighted by atomic mass is 9.94. The van der Waals surface area contributed by atoms with Crippen molar-refractivity contribution in [2.24, 2.45) is 0 Å². The van der Waals surface area contributed by atoms with Crippen LogP contribution in [0.5, 0.6) is 0 Å². The first-order valence-electron chi connectivity index (χ1n) is 16.0. The Bertz CT molecular complexity index is 1110. The second-order valence-electron chi connectivity index (χ2n) is 12.5. The van der Waals surface area contributed by atoms with E-state index in [1.54, 1.807) is 0 Å². The van der Waals surface area contributed by atoms with Gasteiger partial charge in [0.25, 0.3) is 0 Å². The smallest absolute Gasteiger partial charge is 0.217 e. The number of hydrogen-bond acceptors (Lipinski definition) is 20. The van der Waals surface area contributed by atoms with Gasteiger partial charge in [-0.05, 0) is 0 Å². The number of carbonyl (C=O) groups is 2. The first-order valence-corrected chi connectivity index (χ1v) is 16.0. The Morgan fingerprint density at radius 2 is 0.980 bits per heavy atom. The molecular weight excluding hydrogens is 684 g/mol. The average molecular weight is 733 g/mol. The second kappa shape index (κ2) is 17.8. The van der Waals surface area contributed by atoms with Crippen LogP contribution in [0.25, 0.3) is 0 Å². The maximum Gasteiger partial charge on any atom is 0.217 e. The molecule has 4 aliphatic rings. The molecule has 2 amide bonds. The lowest BCUT2D eigenvalue weighted by Crippen LogP contribution is -2.69. The molecule has 22 nitrogen and oxygen atoms in total. The highest BCUT2D eigenvalue weighted by Gasteiger charge is 2.55. The Balaban J connectivity index is 1.51. The van der Waals surface area contributed by atoms with E-state index < -0.39 is 155 Å². The Kier molecular flexibility index (Phi) is 14.6. The van der Waals surface area contributed by atoms with Crippen molar-refractivity contribution in [1.82, 2.24) is 10.6 Å². The van der Waals surface area contributed by atoms with Gasteiger partial charge in [0.15, 0.2) is 18.9 Å². The minimum Gasteiger partial charge on any atom is -0.394 e. The van der Waals surface area contributed by atoms with Gasteiger partial charge in [-0.2, -0.15) is 0 Å². The van der Waals surface area contributed by atoms with E-state index in [-0.39, 0.29) is 6.61 Å². The van der Waals surface area contributed by atoms with Gasteiger partial charge in [0.05, 0.1) is 39.1 Å². The van der Waals surface area contributed by atoms with Crippen molar-refractivity contribution < 1.29 is 98.9 Å². The predicted molar refractivity (Wildman–Crippen MR) is 156 cm³/mol. The van der Waals surface area contributed by atoms with Gasteiger partial charge in [-0.1, -0.05) is 0 Å². The van der Waals surface area contributed by atoms with Crippen molar-refractivity contribution >= 4 is 11.8 Å². The number of rotatable bonds is 12. The van der Waals surface area contributed by atoms with Gasteiger partial charge >= 0.3 is 0 Å². The van der Waals surface area contributed by atoms with E-state index in [0.717, 1.165) is 6.92 Å². The number of carbonyl (C=O) groups excluding carboxylic acids is 2. The maximum atomic E-state index is 12.2. The first-order chi connectivity index (χ1) is 23.7. The molecule has 0 spiro atoms. The van der Waals surface area contributed by atoms with Crippen molar-refractivity contribution in [2.45, 2.75) is 130 Å². The SMILES string of the molecule is CC(=O)N[C@H]1[C@H](O[C@H]2[C@H](O)[C@@H](NC(C)=O)CO[C@@H]2CO)O[C@H](CO)[C@@H](O[C@H]2O[C@H](CO)[C@@H](O[C@@H]3O[C@H](CO)[C@@H](O)[C@H](O)[C@@H]3O)[C@H](O)[C@@H]2O)[C@@H]1O. The molecule has 290 valence electrons. The first kappa shape index (κ1) is 41.0. The third-order valence-corrected chi connectivity index (χ3v) is 8.94. The summed E-state index contributed by atoms with van der Waals surface area (Å²) in [5, 5.41) is 119. The number of aliphatic hydroxyl groups excluding tert-OH is 11. The van der Waals surface area contributed by atoms with Crippen molar-refractivity contribution in [1.29, 1.82) is 0 Å². The zero-order chi connectivity index (χ0) is 37.0. The molecule has 0 aromatic carbocycles. The molecule has 0 radical (unpaired) electrons. The molecule has 19 atom stereocenters. The fourth-order valence-corrected chi connectivity index (χ4v) is 6.30. The molecule has 0 bridgehead atoms. The van der Waals surface area contributed by atoms with Gasteiger partial charge in [0, 0.05) is 13.8 Å². The van der Waals surface area contributed by atoms with Crippen LogP contribution in [-0.2, 0) is 42.7 Å². The summed E-state index contributed by atoms with van der Waals surface area (Å²) < 4.78 is 39.5. The zero-order valence-corrected chi connectivity index (χ0v) is 27.1. The van der Waals surface area contributed by atoms with Crippen LogP contribution in [-0.4, -0.2) is 217 Å². The molecule has 4 fully saturated rings. The molecule has 0 aromatic heterocycles. The summed E-state index contributed by atoms with van der Waals surface area (Å²) in [6.07, 6.45) is -28.2. The van der Waals surface area contributed by atoms with E-state index in [9.17, 15) is 65.8 Å². The molecule has 13 N–H and O–H groups in total. The summed E-state index contributed by atoms with van der Waals surface area (Å²) in [4.78, 5) is 23.8. The molecule has 4 rings (SSSR count). The largest absolute Gasteiger partial charge is 0.394 e. The van der Waals surface area contributed by atoms with E-state index in [4.69, 9.17) is 33.2 Å². The van der Waals surface area contributed by atoms with Crippen LogP contribution in [0.2, 0.25) is 0 Å². The molecule has 4 heterocycles. The number of amides is 2. The molecular formula is C28H48N2O20. The van der Waals surface area contributed by atoms with E-state index in [1.807, 2.05) is 0 Å². The van der Waals surface area contributed by atoms with Gasteiger partial charge in [-0.3, -0.25) is 9.59 Å². The monoisotopic (exact) mass is 732 g/mol. The normalized spacial score (nSPS) is 47.0. The van der Waals surface area contributed by atoms with E-state index >= 15 is 0 Å². The molecule has 0 saturated carbocycles. The van der Waals surface area contributed by atoms with E-state index in [1.165, 1.54) is 6.92 Å². The van der Waals surface area contributed by atoms with Gasteiger partial charge in [0.2, 0.25) is 11.8 Å². The van der Waals surface area contributed by atoms with Gasteiger partial charge in [-0.25, -0.2) is 0 Å². The minimum atomic E-state index is -2.02. The molecule has 0 aliphatic carbocycles. The van der Waals surface area contributed by atoms with Crippen LogP contribution in [0.4, 0.5) is 0 Å². The highest BCUT2D eigenvalue weighted by Crippen LogP contribution is 2.34. The maximum absolute atomic E-state index is 12.2. The summed E-state index contributed by atoms with van der Waals surface area (Å²) in [5.74, 6) is -1.19. The van der Waals surface area contributed by atoms with Gasteiger partial charge in [0.1, 0.15) is 91.5 Å². The highest BCUT2D eigenvalue weighted by molar-refractivity contribution is 5.73. The summed E-state index contributed by atoms with van der Waals surface area (Å²) in [6.45, 7) is -1.05. The lowest BCUT2D eigenvalue weighted by Gasteiger charge is -2.49. The molecule has 4 saturated heterocycles. The van der Waals surface area contributed by atoms with Crippen LogP contribution in [0.15, 0.2) is 0 Å². The molecule has 4 aliphatic heterocycles. The van der Waals surface area contributed by atoms with Crippen molar-refractivity contribution in [2.75, 3.05) is 33.0 Å². The van der Waals surface area contributed by atoms with Crippen LogP contribution in [0.1, 0.15) is 13.8 Å². The standard InChI is InChI=1S/C28H48N2O20/c1-8(35)29-10-7-44-12(4-32)23(16(10)37)48-26-15(30-9(2)36)18(39)24(13(5-33)46-26)49-28-22(43)20(41)25(14(6-34)47-28)50-27-21(42)19(40)17(38)11(3-31)45-27/h10-28,31-34,37-43H,3-7H2,1-2H3,(H,29,35)(H,30,36)/t10-,11+,12+,13+,14+,15+,16+,17+,18+,19-,20+,21-,22-,23+,24+,25+,26-,27-,28+/m0/s1. The third kappa shape index (κ3) is 8.87. The molecule has 22 heteroatoms. The van der Waals surface area contributed by atoms with Crippen molar-refractivity contribution in [3.05, 3.63) is 0 Å². The van der Waals surface area contributed by atoms with Crippen LogP contribution < -0.4 is 10.6 Å². The van der Waals surface area contributed by atoms with E-state index in [0.29, 0.717) is 0 Å². The highest BCUT2D eigenvalue weighted by atomic mass is 16.8. The molecule has 0 aromatic rings. The summed E-state index contributed by atoms with van der Waals surface area (Å²) in [7, 11) is 0. The van der Waals surface area contributed by atoms with Crippen LogP contribution >= 0.6 is 0 Å². The third-order valence-electron chi connectivity index (χ3n) is 8.94. The topological polar surface area (TPSA) is 345 Å². The van der Waals surface area contributed by atoms with Crippen LogP contribution in [0.3, 0.4) is 0 Å². The molecule has 50 heavy (non-hydrogen) atoms. The van der Waals surface area contributed by atoms with Crippen molar-refractivity contribution in [3.8, 4) is 0 Å². The van der Waals surface area contributed by atoms with Gasteiger partial charge < -0.3 is 100.0 Å². The Labute approximate surface area is 285 Å². The Morgan fingerprint density at radius 3 is 1.50 bits per heavy atom. The predicted octanol–water partition coefficient (Wildman–Crippen LogP) is -8.78. The van der Waals surface area contributed by atoms with Crippen LogP contribution in [0, 0.1) is 0 Å². The average Bonchev–Trinajstić information content (AvgIpc) is 3.08. The fourth-order valence-electron chi connectivity index (χ4n) is 6.30. The number of ether oxygens (including phenoxy) is 7. The lowest BCUT2D eigenvalue weighted by molar-refractivity contribution is -0.377.